The summed E-state index contributed by atoms with van der Waals surface area (Å²) in [5.41, 5.74) is 2.63. The van der Waals surface area contributed by atoms with E-state index in [1.54, 1.807) is 30.0 Å². The monoisotopic (exact) mass is 539 g/mol. The average molecular weight is 540 g/mol. The van der Waals surface area contributed by atoms with Crippen LogP contribution in [0.5, 0.6) is 0 Å². The van der Waals surface area contributed by atoms with E-state index in [4.69, 9.17) is 9.47 Å². The van der Waals surface area contributed by atoms with E-state index < -0.39 is 23.7 Å². The standard InChI is InChI=1S/C29H34FN3O6/c1-3-38-27(35)26(18(2)34)19-9-12-23(13-10-19)39-29(37)33-15-14-20-16-22(11-8-21(20)17-33)31-28(36)32-25-7-5-4-6-24(25)30/h4-8,11,16,19,23,26H,3,9-10,12-15,17H2,1-2H3,(H2,31,32,36). The fourth-order valence-electron chi connectivity index (χ4n) is 5.31. The summed E-state index contributed by atoms with van der Waals surface area (Å²) < 4.78 is 24.6. The van der Waals surface area contributed by atoms with Gasteiger partial charge in [0.2, 0.25) is 0 Å². The van der Waals surface area contributed by atoms with Gasteiger partial charge in [0.1, 0.15) is 23.6 Å². The van der Waals surface area contributed by atoms with Gasteiger partial charge in [-0.3, -0.25) is 9.59 Å². The highest BCUT2D eigenvalue weighted by atomic mass is 19.1. The Hall–Kier alpha value is -3.95. The molecule has 1 aliphatic carbocycles. The third kappa shape index (κ3) is 7.13. The third-order valence-corrected chi connectivity index (χ3v) is 7.29. The Morgan fingerprint density at radius 1 is 1.03 bits per heavy atom. The van der Waals surface area contributed by atoms with Crippen molar-refractivity contribution in [3.8, 4) is 0 Å². The number of ketones is 1. The summed E-state index contributed by atoms with van der Waals surface area (Å²) in [6, 6.07) is 10.8. The summed E-state index contributed by atoms with van der Waals surface area (Å²) in [6.07, 6.45) is 2.37. The molecule has 3 amide bonds. The highest BCUT2D eigenvalue weighted by molar-refractivity contribution is 6.00. The number of amides is 3. The molecule has 2 N–H and O–H groups in total. The first-order valence-electron chi connectivity index (χ1n) is 13.3. The zero-order chi connectivity index (χ0) is 27.9. The number of nitrogens with one attached hydrogen (secondary N) is 2. The molecule has 1 saturated carbocycles. The lowest BCUT2D eigenvalue weighted by Crippen LogP contribution is -2.40. The zero-order valence-electron chi connectivity index (χ0n) is 22.2. The van der Waals surface area contributed by atoms with Crippen molar-refractivity contribution in [1.29, 1.82) is 0 Å². The number of fused-ring (bicyclic) bond motifs is 1. The molecule has 0 spiro atoms. The fraction of sp³-hybridized carbons (Fsp3) is 0.448. The summed E-state index contributed by atoms with van der Waals surface area (Å²) in [6.45, 7) is 4.23. The molecule has 0 saturated heterocycles. The number of urea groups is 1. The molecule has 1 unspecified atom stereocenters. The Kier molecular flexibility index (Phi) is 9.16. The Morgan fingerprint density at radius 2 is 1.77 bits per heavy atom. The molecule has 2 aromatic carbocycles. The number of anilines is 2. The number of ether oxygens (including phenoxy) is 2. The Morgan fingerprint density at radius 3 is 2.46 bits per heavy atom. The molecular formula is C29H34FN3O6. The van der Waals surface area contributed by atoms with E-state index in [0.29, 0.717) is 50.9 Å². The van der Waals surface area contributed by atoms with Crippen LogP contribution in [0, 0.1) is 17.7 Å². The van der Waals surface area contributed by atoms with E-state index in [-0.39, 0.29) is 36.2 Å². The Bertz CT molecular complexity index is 1230. The van der Waals surface area contributed by atoms with Gasteiger partial charge < -0.3 is 25.0 Å². The SMILES string of the molecule is CCOC(=O)C(C(C)=O)C1CCC(OC(=O)N2CCc3cc(NC(=O)Nc4ccccc4F)ccc3C2)CC1. The maximum absolute atomic E-state index is 13.8. The predicted molar refractivity (Wildman–Crippen MR) is 143 cm³/mol. The van der Waals surface area contributed by atoms with Crippen molar-refractivity contribution in [2.45, 2.75) is 58.6 Å². The van der Waals surface area contributed by atoms with Gasteiger partial charge in [0, 0.05) is 18.8 Å². The maximum atomic E-state index is 13.8. The molecule has 0 aromatic heterocycles. The van der Waals surface area contributed by atoms with Gasteiger partial charge >= 0.3 is 18.1 Å². The van der Waals surface area contributed by atoms with Gasteiger partial charge in [-0.25, -0.2) is 14.0 Å². The molecule has 2 aromatic rings. The molecular weight excluding hydrogens is 505 g/mol. The second-order valence-electron chi connectivity index (χ2n) is 9.97. The van der Waals surface area contributed by atoms with Gasteiger partial charge in [0.25, 0.3) is 0 Å². The summed E-state index contributed by atoms with van der Waals surface area (Å²) in [7, 11) is 0. The molecule has 0 radical (unpaired) electrons. The minimum Gasteiger partial charge on any atom is -0.465 e. The number of Topliss-reactive ketones (excluding diaryl/α,β-unsaturated/α-hetero) is 1. The minimum absolute atomic E-state index is 0.0910. The van der Waals surface area contributed by atoms with Gasteiger partial charge in [-0.2, -0.15) is 0 Å². The number of hydrogen-bond acceptors (Lipinski definition) is 6. The number of rotatable bonds is 7. The van der Waals surface area contributed by atoms with Crippen molar-refractivity contribution >= 4 is 35.3 Å². The molecule has 4 rings (SSSR count). The largest absolute Gasteiger partial charge is 0.465 e. The number of hydrogen-bond donors (Lipinski definition) is 2. The first-order chi connectivity index (χ1) is 18.7. The number of benzene rings is 2. The van der Waals surface area contributed by atoms with Crippen molar-refractivity contribution in [2.75, 3.05) is 23.8 Å². The summed E-state index contributed by atoms with van der Waals surface area (Å²) in [5, 5.41) is 5.21. The predicted octanol–water partition coefficient (Wildman–Crippen LogP) is 5.29. The topological polar surface area (TPSA) is 114 Å². The molecule has 208 valence electrons. The van der Waals surface area contributed by atoms with Crippen molar-refractivity contribution in [3.63, 3.8) is 0 Å². The number of halogens is 1. The molecule has 1 fully saturated rings. The number of para-hydroxylation sites is 1. The zero-order valence-corrected chi connectivity index (χ0v) is 22.2. The van der Waals surface area contributed by atoms with Gasteiger partial charge in [0.15, 0.2) is 0 Å². The lowest BCUT2D eigenvalue weighted by atomic mass is 9.77. The van der Waals surface area contributed by atoms with Crippen LogP contribution in [-0.4, -0.2) is 48.0 Å². The van der Waals surface area contributed by atoms with Gasteiger partial charge in [-0.05, 0) is 87.3 Å². The van der Waals surface area contributed by atoms with Crippen LogP contribution in [0.2, 0.25) is 0 Å². The molecule has 1 atom stereocenters. The number of carbonyl (C=O) groups is 4. The minimum atomic E-state index is -0.759. The molecule has 10 heteroatoms. The molecule has 0 bridgehead atoms. The fourth-order valence-corrected chi connectivity index (χ4v) is 5.31. The van der Waals surface area contributed by atoms with E-state index in [2.05, 4.69) is 10.6 Å². The van der Waals surface area contributed by atoms with Crippen LogP contribution >= 0.6 is 0 Å². The number of carbonyl (C=O) groups excluding carboxylic acids is 4. The van der Waals surface area contributed by atoms with Crippen LogP contribution < -0.4 is 10.6 Å². The van der Waals surface area contributed by atoms with Crippen molar-refractivity contribution in [2.24, 2.45) is 11.8 Å². The second kappa shape index (κ2) is 12.7. The van der Waals surface area contributed by atoms with Crippen molar-refractivity contribution in [1.82, 2.24) is 4.90 Å². The third-order valence-electron chi connectivity index (χ3n) is 7.29. The normalized spacial score (nSPS) is 19.3. The van der Waals surface area contributed by atoms with Gasteiger partial charge in [-0.15, -0.1) is 0 Å². The first-order valence-corrected chi connectivity index (χ1v) is 13.3. The smallest absolute Gasteiger partial charge is 0.410 e. The summed E-state index contributed by atoms with van der Waals surface area (Å²) in [4.78, 5) is 51.1. The molecule has 39 heavy (non-hydrogen) atoms. The highest BCUT2D eigenvalue weighted by Gasteiger charge is 2.37. The molecule has 1 aliphatic heterocycles. The molecule has 9 nitrogen and oxygen atoms in total. The maximum Gasteiger partial charge on any atom is 0.410 e. The van der Waals surface area contributed by atoms with E-state index >= 15 is 0 Å². The first kappa shape index (κ1) is 28.1. The number of esters is 1. The van der Waals surface area contributed by atoms with E-state index in [0.717, 1.165) is 11.1 Å². The van der Waals surface area contributed by atoms with Crippen LogP contribution in [0.15, 0.2) is 42.5 Å². The Labute approximate surface area is 227 Å². The molecule has 1 heterocycles. The molecule has 2 aliphatic rings. The summed E-state index contributed by atoms with van der Waals surface area (Å²) >= 11 is 0. The average Bonchev–Trinajstić information content (AvgIpc) is 2.90. The lowest BCUT2D eigenvalue weighted by molar-refractivity contribution is -0.154. The van der Waals surface area contributed by atoms with Crippen LogP contribution in [0.3, 0.4) is 0 Å². The Balaban J connectivity index is 1.27. The van der Waals surface area contributed by atoms with Gasteiger partial charge in [-0.1, -0.05) is 18.2 Å². The van der Waals surface area contributed by atoms with Crippen molar-refractivity contribution < 1.29 is 33.0 Å². The second-order valence-corrected chi connectivity index (χ2v) is 9.97. The van der Waals surface area contributed by atoms with Crippen LogP contribution in [0.25, 0.3) is 0 Å². The number of nitrogens with zero attached hydrogens (tertiary/aromatic N) is 1. The van der Waals surface area contributed by atoms with Crippen LogP contribution in [0.4, 0.5) is 25.4 Å². The van der Waals surface area contributed by atoms with E-state index in [1.165, 1.54) is 19.1 Å². The van der Waals surface area contributed by atoms with Crippen LogP contribution in [-0.2, 0) is 32.0 Å². The quantitative estimate of drug-likeness (QED) is 0.365. The van der Waals surface area contributed by atoms with Gasteiger partial charge in [0.05, 0.1) is 12.3 Å². The van der Waals surface area contributed by atoms with E-state index in [9.17, 15) is 23.6 Å². The van der Waals surface area contributed by atoms with Crippen LogP contribution in [0.1, 0.15) is 50.7 Å². The van der Waals surface area contributed by atoms with E-state index in [1.807, 2.05) is 12.1 Å². The summed E-state index contributed by atoms with van der Waals surface area (Å²) in [5.74, 6) is -2.04. The van der Waals surface area contributed by atoms with Crippen molar-refractivity contribution in [3.05, 3.63) is 59.4 Å². The highest BCUT2D eigenvalue weighted by Crippen LogP contribution is 2.33. The lowest BCUT2D eigenvalue weighted by Gasteiger charge is -2.34.